The van der Waals surface area contributed by atoms with E-state index in [1.165, 1.54) is 12.8 Å². The monoisotopic (exact) mass is 338 g/mol. The van der Waals surface area contributed by atoms with Crippen molar-refractivity contribution >= 4 is 11.9 Å². The molecule has 136 valence electrons. The second-order valence-corrected chi connectivity index (χ2v) is 6.98. The molecule has 0 radical (unpaired) electrons. The average Bonchev–Trinajstić information content (AvgIpc) is 3.30. The van der Waals surface area contributed by atoms with E-state index in [-0.39, 0.29) is 11.9 Å². The number of urea groups is 1. The molecular formula is C17H30N4O3. The number of carbonyl (C=O) groups excluding carboxylic acids is 2. The van der Waals surface area contributed by atoms with Crippen LogP contribution in [0.5, 0.6) is 0 Å². The largest absolute Gasteiger partial charge is 0.378 e. The lowest BCUT2D eigenvalue weighted by Gasteiger charge is -2.31. The quantitative estimate of drug-likeness (QED) is 0.811. The third kappa shape index (κ3) is 4.00. The molecule has 7 nitrogen and oxygen atoms in total. The van der Waals surface area contributed by atoms with E-state index in [9.17, 15) is 9.59 Å². The van der Waals surface area contributed by atoms with Crippen molar-refractivity contribution < 1.29 is 14.3 Å². The molecule has 3 aliphatic heterocycles. The van der Waals surface area contributed by atoms with Gasteiger partial charge in [0.2, 0.25) is 5.91 Å². The fourth-order valence-electron chi connectivity index (χ4n) is 3.91. The van der Waals surface area contributed by atoms with Crippen LogP contribution in [0.1, 0.15) is 32.6 Å². The molecular weight excluding hydrogens is 308 g/mol. The second-order valence-electron chi connectivity index (χ2n) is 6.98. The third-order valence-electron chi connectivity index (χ3n) is 5.43. The first-order chi connectivity index (χ1) is 11.7. The van der Waals surface area contributed by atoms with Gasteiger partial charge in [0.1, 0.15) is 6.04 Å². The Morgan fingerprint density at radius 1 is 1.08 bits per heavy atom. The highest BCUT2D eigenvalue weighted by atomic mass is 16.5. The number of amides is 3. The number of carbonyl (C=O) groups is 2. The smallest absolute Gasteiger partial charge is 0.318 e. The molecule has 3 heterocycles. The van der Waals surface area contributed by atoms with Gasteiger partial charge in [0.15, 0.2) is 0 Å². The second kappa shape index (κ2) is 8.16. The van der Waals surface area contributed by atoms with Gasteiger partial charge in [-0.1, -0.05) is 6.92 Å². The summed E-state index contributed by atoms with van der Waals surface area (Å²) in [5.74, 6) is 0.0180. The minimum atomic E-state index is -0.429. The van der Waals surface area contributed by atoms with Gasteiger partial charge in [0.25, 0.3) is 0 Å². The number of hydrogen-bond donors (Lipinski definition) is 1. The molecule has 3 saturated heterocycles. The van der Waals surface area contributed by atoms with E-state index >= 15 is 0 Å². The Kier molecular flexibility index (Phi) is 5.94. The summed E-state index contributed by atoms with van der Waals surface area (Å²) in [5.41, 5.74) is 0. The SMILES string of the molecule is CCC(NC(=O)N1CCC(N2CCCC2)C1)C(=O)N1CCOCC1. The lowest BCUT2D eigenvalue weighted by molar-refractivity contribution is -0.137. The molecule has 3 rings (SSSR count). The van der Waals surface area contributed by atoms with Crippen molar-refractivity contribution in [1.82, 2.24) is 20.0 Å². The zero-order chi connectivity index (χ0) is 16.9. The zero-order valence-corrected chi connectivity index (χ0v) is 14.7. The molecule has 0 aromatic carbocycles. The third-order valence-corrected chi connectivity index (χ3v) is 5.43. The van der Waals surface area contributed by atoms with Crippen molar-refractivity contribution in [2.24, 2.45) is 0 Å². The van der Waals surface area contributed by atoms with Crippen LogP contribution in [0.25, 0.3) is 0 Å². The van der Waals surface area contributed by atoms with E-state index in [0.717, 1.165) is 32.6 Å². The molecule has 3 fully saturated rings. The number of nitrogens with one attached hydrogen (secondary N) is 1. The first kappa shape index (κ1) is 17.5. The summed E-state index contributed by atoms with van der Waals surface area (Å²) in [6, 6.07) is -0.0279. The molecule has 0 bridgehead atoms. The van der Waals surface area contributed by atoms with E-state index in [1.54, 1.807) is 4.90 Å². The number of ether oxygens (including phenoxy) is 1. The standard InChI is InChI=1S/C17H30N4O3/c1-2-15(16(22)20-9-11-24-12-10-20)18-17(23)21-8-5-14(13-21)19-6-3-4-7-19/h14-15H,2-13H2,1H3,(H,18,23). The molecule has 0 saturated carbocycles. The van der Waals surface area contributed by atoms with Crippen molar-refractivity contribution in [1.29, 1.82) is 0 Å². The topological polar surface area (TPSA) is 65.1 Å². The highest BCUT2D eigenvalue weighted by Gasteiger charge is 2.33. The normalized spacial score (nSPS) is 26.6. The highest BCUT2D eigenvalue weighted by Crippen LogP contribution is 2.20. The van der Waals surface area contributed by atoms with Crippen LogP contribution < -0.4 is 5.32 Å². The molecule has 2 atom stereocenters. The number of morpholine rings is 1. The van der Waals surface area contributed by atoms with E-state index in [0.29, 0.717) is 38.8 Å². The summed E-state index contributed by atoms with van der Waals surface area (Å²) in [6.45, 7) is 8.24. The Hall–Kier alpha value is -1.34. The molecule has 0 spiro atoms. The van der Waals surface area contributed by atoms with Gasteiger partial charge in [-0.05, 0) is 38.8 Å². The van der Waals surface area contributed by atoms with Gasteiger partial charge in [-0.25, -0.2) is 4.79 Å². The molecule has 3 aliphatic rings. The van der Waals surface area contributed by atoms with Crippen molar-refractivity contribution in [3.63, 3.8) is 0 Å². The first-order valence-corrected chi connectivity index (χ1v) is 9.35. The predicted molar refractivity (Wildman–Crippen MR) is 90.8 cm³/mol. The van der Waals surface area contributed by atoms with E-state index in [1.807, 2.05) is 11.8 Å². The van der Waals surface area contributed by atoms with Crippen molar-refractivity contribution in [3.8, 4) is 0 Å². The maximum absolute atomic E-state index is 12.6. The van der Waals surface area contributed by atoms with Crippen LogP contribution in [0.2, 0.25) is 0 Å². The van der Waals surface area contributed by atoms with Crippen molar-refractivity contribution in [2.75, 3.05) is 52.5 Å². The fraction of sp³-hybridized carbons (Fsp3) is 0.882. The van der Waals surface area contributed by atoms with Crippen LogP contribution in [0.3, 0.4) is 0 Å². The molecule has 3 amide bonds. The van der Waals surface area contributed by atoms with Crippen LogP contribution in [-0.4, -0.2) is 91.2 Å². The summed E-state index contributed by atoms with van der Waals surface area (Å²) < 4.78 is 5.29. The molecule has 2 unspecified atom stereocenters. The van der Waals surface area contributed by atoms with Gasteiger partial charge in [0.05, 0.1) is 13.2 Å². The molecule has 0 aromatic heterocycles. The van der Waals surface area contributed by atoms with E-state index in [2.05, 4.69) is 10.2 Å². The van der Waals surface area contributed by atoms with Crippen molar-refractivity contribution in [3.05, 3.63) is 0 Å². The molecule has 7 heteroatoms. The van der Waals surface area contributed by atoms with Crippen molar-refractivity contribution in [2.45, 2.75) is 44.7 Å². The molecule has 1 N–H and O–H groups in total. The summed E-state index contributed by atoms with van der Waals surface area (Å²) in [7, 11) is 0. The maximum atomic E-state index is 12.6. The number of hydrogen-bond acceptors (Lipinski definition) is 4. The van der Waals surface area contributed by atoms with Crippen LogP contribution in [0, 0.1) is 0 Å². The van der Waals surface area contributed by atoms with Gasteiger partial charge in [-0.2, -0.15) is 0 Å². The Balaban J connectivity index is 1.50. The fourth-order valence-corrected chi connectivity index (χ4v) is 3.91. The lowest BCUT2D eigenvalue weighted by atomic mass is 10.2. The number of nitrogens with zero attached hydrogens (tertiary/aromatic N) is 3. The van der Waals surface area contributed by atoms with Gasteiger partial charge in [-0.3, -0.25) is 9.69 Å². The minimum Gasteiger partial charge on any atom is -0.378 e. The summed E-state index contributed by atoms with van der Waals surface area (Å²) in [4.78, 5) is 31.3. The maximum Gasteiger partial charge on any atom is 0.318 e. The lowest BCUT2D eigenvalue weighted by Crippen LogP contribution is -2.54. The van der Waals surface area contributed by atoms with E-state index < -0.39 is 6.04 Å². The summed E-state index contributed by atoms with van der Waals surface area (Å²) >= 11 is 0. The summed E-state index contributed by atoms with van der Waals surface area (Å²) in [5, 5.41) is 2.95. The van der Waals surface area contributed by atoms with Crippen LogP contribution in [0.4, 0.5) is 4.79 Å². The number of rotatable bonds is 4. The zero-order valence-electron chi connectivity index (χ0n) is 14.7. The Morgan fingerprint density at radius 3 is 2.46 bits per heavy atom. The average molecular weight is 338 g/mol. The molecule has 24 heavy (non-hydrogen) atoms. The minimum absolute atomic E-state index is 0.0180. The molecule has 0 aliphatic carbocycles. The Morgan fingerprint density at radius 2 is 1.79 bits per heavy atom. The number of likely N-dealkylation sites (tertiary alicyclic amines) is 2. The van der Waals surface area contributed by atoms with Gasteiger partial charge in [-0.15, -0.1) is 0 Å². The Labute approximate surface area is 144 Å². The van der Waals surface area contributed by atoms with Gasteiger partial charge in [0, 0.05) is 32.2 Å². The summed E-state index contributed by atoms with van der Waals surface area (Å²) in [6.07, 6.45) is 4.20. The molecule has 0 aromatic rings. The van der Waals surface area contributed by atoms with Crippen LogP contribution >= 0.6 is 0 Å². The highest BCUT2D eigenvalue weighted by molar-refractivity contribution is 5.87. The Bertz CT molecular complexity index is 447. The van der Waals surface area contributed by atoms with E-state index in [4.69, 9.17) is 4.74 Å². The predicted octanol–water partition coefficient (Wildman–Crippen LogP) is 0.504. The first-order valence-electron chi connectivity index (χ1n) is 9.35. The van der Waals surface area contributed by atoms with Crippen LogP contribution in [0.15, 0.2) is 0 Å². The van der Waals surface area contributed by atoms with Crippen LogP contribution in [-0.2, 0) is 9.53 Å². The van der Waals surface area contributed by atoms with Gasteiger partial charge < -0.3 is 19.9 Å². The van der Waals surface area contributed by atoms with Gasteiger partial charge >= 0.3 is 6.03 Å².